The van der Waals surface area contributed by atoms with Crippen LogP contribution in [0.4, 0.5) is 0 Å². The number of hydrogen-bond acceptors (Lipinski definition) is 3. The fraction of sp³-hybridized carbons (Fsp3) is 0.467. The van der Waals surface area contributed by atoms with E-state index in [2.05, 4.69) is 5.32 Å². The van der Waals surface area contributed by atoms with Gasteiger partial charge in [-0.25, -0.2) is 0 Å². The smallest absolute Gasteiger partial charge is 0.322 e. The van der Waals surface area contributed by atoms with Crippen LogP contribution in [0.5, 0.6) is 0 Å². The van der Waals surface area contributed by atoms with Crippen LogP contribution in [-0.4, -0.2) is 30.1 Å². The summed E-state index contributed by atoms with van der Waals surface area (Å²) in [5, 5.41) is 11.1. The molecule has 2 rings (SSSR count). The largest absolute Gasteiger partial charge is 0.480 e. The SMILES string of the molecule is Cc1ccc(C2OCCCC2C(=O)NCC(=O)O)cc1. The zero-order valence-electron chi connectivity index (χ0n) is 11.5. The number of benzene rings is 1. The minimum atomic E-state index is -1.04. The summed E-state index contributed by atoms with van der Waals surface area (Å²) in [5.41, 5.74) is 2.11. The van der Waals surface area contributed by atoms with Gasteiger partial charge in [-0.3, -0.25) is 9.59 Å². The number of aliphatic carboxylic acids is 1. The molecule has 1 heterocycles. The molecule has 5 nitrogen and oxygen atoms in total. The molecule has 1 aliphatic heterocycles. The number of carbonyl (C=O) groups excluding carboxylic acids is 1. The van der Waals surface area contributed by atoms with E-state index < -0.39 is 5.97 Å². The standard InChI is InChI=1S/C15H19NO4/c1-10-4-6-11(7-5-10)14-12(3-2-8-20-14)15(19)16-9-13(17)18/h4-7,12,14H,2-3,8-9H2,1H3,(H,16,19)(H,17,18). The molecule has 1 aromatic rings. The molecule has 0 aliphatic carbocycles. The molecule has 2 atom stereocenters. The lowest BCUT2D eigenvalue weighted by atomic mass is 9.88. The molecule has 20 heavy (non-hydrogen) atoms. The molecule has 2 N–H and O–H groups in total. The Morgan fingerprint density at radius 3 is 2.70 bits per heavy atom. The lowest BCUT2D eigenvalue weighted by Crippen LogP contribution is -2.39. The number of nitrogens with one attached hydrogen (secondary N) is 1. The van der Waals surface area contributed by atoms with Crippen LogP contribution in [0.3, 0.4) is 0 Å². The third-order valence-electron chi connectivity index (χ3n) is 3.48. The maximum atomic E-state index is 12.1. The Kier molecular flexibility index (Phi) is 4.74. The highest BCUT2D eigenvalue weighted by Gasteiger charge is 2.33. The predicted octanol–water partition coefficient (Wildman–Crippen LogP) is 1.66. The first kappa shape index (κ1) is 14.5. The Balaban J connectivity index is 2.10. The van der Waals surface area contributed by atoms with Gasteiger partial charge in [0.05, 0.1) is 12.0 Å². The van der Waals surface area contributed by atoms with E-state index in [0.29, 0.717) is 13.0 Å². The van der Waals surface area contributed by atoms with Gasteiger partial charge in [-0.15, -0.1) is 0 Å². The highest BCUT2D eigenvalue weighted by molar-refractivity contribution is 5.83. The van der Waals surface area contributed by atoms with E-state index >= 15 is 0 Å². The average Bonchev–Trinajstić information content (AvgIpc) is 2.45. The molecule has 0 aromatic heterocycles. The maximum Gasteiger partial charge on any atom is 0.322 e. The first-order valence-corrected chi connectivity index (χ1v) is 6.75. The van der Waals surface area contributed by atoms with E-state index in [-0.39, 0.29) is 24.5 Å². The summed E-state index contributed by atoms with van der Waals surface area (Å²) < 4.78 is 5.74. The van der Waals surface area contributed by atoms with Gasteiger partial charge in [0.2, 0.25) is 5.91 Å². The molecule has 108 valence electrons. The predicted molar refractivity (Wildman–Crippen MR) is 73.2 cm³/mol. The second kappa shape index (κ2) is 6.52. The Morgan fingerprint density at radius 1 is 1.35 bits per heavy atom. The van der Waals surface area contributed by atoms with Crippen molar-refractivity contribution in [3.05, 3.63) is 35.4 Å². The van der Waals surface area contributed by atoms with Gasteiger partial charge in [0.25, 0.3) is 0 Å². The van der Waals surface area contributed by atoms with Crippen LogP contribution in [0, 0.1) is 12.8 Å². The van der Waals surface area contributed by atoms with Crippen molar-refractivity contribution in [1.29, 1.82) is 0 Å². The van der Waals surface area contributed by atoms with Gasteiger partial charge in [-0.2, -0.15) is 0 Å². The Labute approximate surface area is 117 Å². The molecule has 0 bridgehead atoms. The van der Waals surface area contributed by atoms with Gasteiger partial charge in [-0.1, -0.05) is 29.8 Å². The molecule has 0 radical (unpaired) electrons. The molecule has 1 saturated heterocycles. The van der Waals surface area contributed by atoms with Crippen molar-refractivity contribution in [3.63, 3.8) is 0 Å². The van der Waals surface area contributed by atoms with E-state index in [9.17, 15) is 9.59 Å². The van der Waals surface area contributed by atoms with E-state index in [4.69, 9.17) is 9.84 Å². The molecular weight excluding hydrogens is 258 g/mol. The van der Waals surface area contributed by atoms with Crippen molar-refractivity contribution in [2.45, 2.75) is 25.9 Å². The van der Waals surface area contributed by atoms with Gasteiger partial charge >= 0.3 is 5.97 Å². The van der Waals surface area contributed by atoms with Crippen LogP contribution in [0.25, 0.3) is 0 Å². The van der Waals surface area contributed by atoms with Crippen molar-refractivity contribution >= 4 is 11.9 Å². The van der Waals surface area contributed by atoms with Gasteiger partial charge in [0, 0.05) is 6.61 Å². The van der Waals surface area contributed by atoms with Crippen LogP contribution in [0.2, 0.25) is 0 Å². The van der Waals surface area contributed by atoms with Crippen molar-refractivity contribution in [2.75, 3.05) is 13.2 Å². The number of aryl methyl sites for hydroxylation is 1. The lowest BCUT2D eigenvalue weighted by Gasteiger charge is -2.31. The number of amides is 1. The number of hydrogen-bond donors (Lipinski definition) is 2. The lowest BCUT2D eigenvalue weighted by molar-refractivity contribution is -0.141. The molecule has 1 aromatic carbocycles. The number of carbonyl (C=O) groups is 2. The third kappa shape index (κ3) is 3.57. The normalized spacial score (nSPS) is 22.2. The topological polar surface area (TPSA) is 75.6 Å². The molecule has 1 fully saturated rings. The summed E-state index contributed by atoms with van der Waals surface area (Å²) in [6.07, 6.45) is 1.23. The molecule has 1 amide bonds. The first-order chi connectivity index (χ1) is 9.58. The highest BCUT2D eigenvalue weighted by Crippen LogP contribution is 2.33. The van der Waals surface area contributed by atoms with E-state index in [1.54, 1.807) is 0 Å². The Morgan fingerprint density at radius 2 is 2.05 bits per heavy atom. The third-order valence-corrected chi connectivity index (χ3v) is 3.48. The monoisotopic (exact) mass is 277 g/mol. The fourth-order valence-electron chi connectivity index (χ4n) is 2.43. The number of rotatable bonds is 4. The molecule has 1 aliphatic rings. The molecule has 5 heteroatoms. The second-order valence-electron chi connectivity index (χ2n) is 5.06. The summed E-state index contributed by atoms with van der Waals surface area (Å²) in [6.45, 7) is 2.28. The molecule has 0 spiro atoms. The molecule has 2 unspecified atom stereocenters. The minimum Gasteiger partial charge on any atom is -0.480 e. The molecule has 0 saturated carbocycles. The van der Waals surface area contributed by atoms with E-state index in [1.807, 2.05) is 31.2 Å². The maximum absolute atomic E-state index is 12.1. The van der Waals surface area contributed by atoms with Gasteiger partial charge in [0.1, 0.15) is 6.54 Å². The van der Waals surface area contributed by atoms with Crippen LogP contribution in [-0.2, 0) is 14.3 Å². The van der Waals surface area contributed by atoms with Gasteiger partial charge in [0.15, 0.2) is 0 Å². The van der Waals surface area contributed by atoms with Crippen LogP contribution in [0.15, 0.2) is 24.3 Å². The summed E-state index contributed by atoms with van der Waals surface area (Å²) in [5.74, 6) is -1.62. The summed E-state index contributed by atoms with van der Waals surface area (Å²) in [4.78, 5) is 22.6. The van der Waals surface area contributed by atoms with Gasteiger partial charge < -0.3 is 15.2 Å². The average molecular weight is 277 g/mol. The van der Waals surface area contributed by atoms with Crippen molar-refractivity contribution in [1.82, 2.24) is 5.32 Å². The van der Waals surface area contributed by atoms with Crippen molar-refractivity contribution < 1.29 is 19.4 Å². The van der Waals surface area contributed by atoms with Crippen LogP contribution >= 0.6 is 0 Å². The molecular formula is C15H19NO4. The summed E-state index contributed by atoms with van der Waals surface area (Å²) in [6, 6.07) is 7.89. The van der Waals surface area contributed by atoms with Crippen molar-refractivity contribution in [3.8, 4) is 0 Å². The number of carboxylic acids is 1. The first-order valence-electron chi connectivity index (χ1n) is 6.75. The number of ether oxygens (including phenoxy) is 1. The summed E-state index contributed by atoms with van der Waals surface area (Å²) >= 11 is 0. The fourth-order valence-corrected chi connectivity index (χ4v) is 2.43. The van der Waals surface area contributed by atoms with E-state index in [1.165, 1.54) is 0 Å². The summed E-state index contributed by atoms with van der Waals surface area (Å²) in [7, 11) is 0. The Hall–Kier alpha value is -1.88. The highest BCUT2D eigenvalue weighted by atomic mass is 16.5. The Bertz CT molecular complexity index is 483. The zero-order chi connectivity index (χ0) is 14.5. The quantitative estimate of drug-likeness (QED) is 0.877. The van der Waals surface area contributed by atoms with Crippen LogP contribution in [0.1, 0.15) is 30.1 Å². The van der Waals surface area contributed by atoms with Gasteiger partial charge in [-0.05, 0) is 25.3 Å². The van der Waals surface area contributed by atoms with Crippen LogP contribution < -0.4 is 5.32 Å². The number of carboxylic acid groups (broad SMARTS) is 1. The second-order valence-corrected chi connectivity index (χ2v) is 5.06. The minimum absolute atomic E-state index is 0.252. The zero-order valence-corrected chi connectivity index (χ0v) is 11.5. The van der Waals surface area contributed by atoms with Crippen molar-refractivity contribution in [2.24, 2.45) is 5.92 Å². The van der Waals surface area contributed by atoms with E-state index in [0.717, 1.165) is 17.5 Å².